The molecular weight excluding hydrogens is 253 g/mol. The maximum atomic E-state index is 12.4. The Kier molecular flexibility index (Phi) is 4.27. The molecule has 1 aliphatic rings. The number of Topliss-reactive ketones (excluding diaryl/α,β-unsaturated/α-hetero) is 1. The van der Waals surface area contributed by atoms with Crippen molar-refractivity contribution in [2.24, 2.45) is 5.92 Å². The minimum atomic E-state index is -4.31. The predicted molar refractivity (Wildman–Crippen MR) is 66.7 cm³/mol. The highest BCUT2D eigenvalue weighted by molar-refractivity contribution is 5.83. The quantitative estimate of drug-likeness (QED) is 0.795. The molecule has 19 heavy (non-hydrogen) atoms. The number of alkyl halides is 3. The zero-order valence-corrected chi connectivity index (χ0v) is 10.7. The summed E-state index contributed by atoms with van der Waals surface area (Å²) in [7, 11) is 0. The lowest BCUT2D eigenvalue weighted by atomic mass is 9.84. The molecule has 0 atom stereocenters. The van der Waals surface area contributed by atoms with Gasteiger partial charge in [0, 0.05) is 12.3 Å². The fourth-order valence-corrected chi connectivity index (χ4v) is 2.58. The molecule has 1 fully saturated rings. The summed E-state index contributed by atoms with van der Waals surface area (Å²) >= 11 is 0. The molecule has 4 heteroatoms. The Hall–Kier alpha value is -1.32. The van der Waals surface area contributed by atoms with E-state index in [2.05, 4.69) is 0 Å². The Bertz CT molecular complexity index is 428. The monoisotopic (exact) mass is 270 g/mol. The van der Waals surface area contributed by atoms with Crippen LogP contribution in [0.1, 0.15) is 43.2 Å². The van der Waals surface area contributed by atoms with Gasteiger partial charge < -0.3 is 0 Å². The lowest BCUT2D eigenvalue weighted by Gasteiger charge is -2.20. The third-order valence-electron chi connectivity index (χ3n) is 3.72. The average molecular weight is 270 g/mol. The zero-order chi connectivity index (χ0) is 13.9. The van der Waals surface area contributed by atoms with E-state index in [1.54, 1.807) is 0 Å². The number of hydrogen-bond donors (Lipinski definition) is 0. The van der Waals surface area contributed by atoms with Gasteiger partial charge in [-0.05, 0) is 30.5 Å². The van der Waals surface area contributed by atoms with Gasteiger partial charge in [0.15, 0.2) is 0 Å². The van der Waals surface area contributed by atoms with Crippen molar-refractivity contribution in [1.29, 1.82) is 0 Å². The lowest BCUT2D eigenvalue weighted by Crippen LogP contribution is -2.19. The smallest absolute Gasteiger partial charge is 0.299 e. The van der Waals surface area contributed by atoms with E-state index < -0.39 is 11.7 Å². The van der Waals surface area contributed by atoms with Gasteiger partial charge in [0.2, 0.25) is 0 Å². The number of rotatable bonds is 3. The Balaban J connectivity index is 1.97. The summed E-state index contributed by atoms with van der Waals surface area (Å²) in [5.41, 5.74) is 0.00457. The van der Waals surface area contributed by atoms with Gasteiger partial charge in [-0.3, -0.25) is 4.79 Å². The highest BCUT2D eigenvalue weighted by atomic mass is 19.4. The van der Waals surface area contributed by atoms with Crippen molar-refractivity contribution in [1.82, 2.24) is 0 Å². The molecule has 0 unspecified atom stereocenters. The fourth-order valence-electron chi connectivity index (χ4n) is 2.58. The number of ketones is 1. The first kappa shape index (κ1) is 14.1. The summed E-state index contributed by atoms with van der Waals surface area (Å²) in [6, 6.07) is 4.90. The van der Waals surface area contributed by atoms with Crippen LogP contribution < -0.4 is 0 Å². The van der Waals surface area contributed by atoms with Gasteiger partial charge >= 0.3 is 6.18 Å². The van der Waals surface area contributed by atoms with Crippen molar-refractivity contribution < 1.29 is 18.0 Å². The van der Waals surface area contributed by atoms with Crippen LogP contribution in [0.2, 0.25) is 0 Å². The number of halogens is 3. The van der Waals surface area contributed by atoms with Crippen LogP contribution in [-0.4, -0.2) is 5.78 Å². The fraction of sp³-hybridized carbons (Fsp3) is 0.533. The van der Waals surface area contributed by atoms with E-state index in [9.17, 15) is 18.0 Å². The second-order valence-corrected chi connectivity index (χ2v) is 5.17. The zero-order valence-electron chi connectivity index (χ0n) is 10.7. The summed E-state index contributed by atoms with van der Waals surface area (Å²) in [5, 5.41) is 0. The van der Waals surface area contributed by atoms with E-state index in [-0.39, 0.29) is 18.1 Å². The second-order valence-electron chi connectivity index (χ2n) is 5.17. The third kappa shape index (κ3) is 3.82. The maximum absolute atomic E-state index is 12.4. The van der Waals surface area contributed by atoms with Crippen molar-refractivity contribution in [3.63, 3.8) is 0 Å². The summed E-state index contributed by atoms with van der Waals surface area (Å²) in [6.07, 6.45) is 1.16. The van der Waals surface area contributed by atoms with Crippen molar-refractivity contribution in [3.05, 3.63) is 35.4 Å². The SMILES string of the molecule is O=C(Cc1ccc(C(F)(F)F)cc1)C1CCCCC1. The van der Waals surface area contributed by atoms with Crippen LogP contribution in [-0.2, 0) is 17.4 Å². The molecule has 1 aromatic carbocycles. The Labute approximate surface area is 110 Å². The first-order valence-corrected chi connectivity index (χ1v) is 6.65. The molecule has 0 bridgehead atoms. The van der Waals surface area contributed by atoms with Crippen molar-refractivity contribution >= 4 is 5.78 Å². The van der Waals surface area contributed by atoms with Crippen molar-refractivity contribution in [2.45, 2.75) is 44.7 Å². The van der Waals surface area contributed by atoms with Gasteiger partial charge in [0.1, 0.15) is 5.78 Å². The molecular formula is C15H17F3O. The van der Waals surface area contributed by atoms with E-state index in [1.165, 1.54) is 18.6 Å². The topological polar surface area (TPSA) is 17.1 Å². The molecule has 0 spiro atoms. The maximum Gasteiger partial charge on any atom is 0.416 e. The highest BCUT2D eigenvalue weighted by Gasteiger charge is 2.30. The van der Waals surface area contributed by atoms with Crippen molar-refractivity contribution in [3.8, 4) is 0 Å². The number of carbonyl (C=O) groups excluding carboxylic acids is 1. The molecule has 0 amide bonds. The van der Waals surface area contributed by atoms with E-state index in [0.29, 0.717) is 5.56 Å². The molecule has 1 nitrogen and oxygen atoms in total. The van der Waals surface area contributed by atoms with E-state index in [4.69, 9.17) is 0 Å². The van der Waals surface area contributed by atoms with Crippen LogP contribution in [0.3, 0.4) is 0 Å². The predicted octanol–water partition coefficient (Wildman–Crippen LogP) is 4.40. The van der Waals surface area contributed by atoms with Gasteiger partial charge in [-0.15, -0.1) is 0 Å². The standard InChI is InChI=1S/C15H17F3O/c16-15(17,18)13-8-6-11(7-9-13)10-14(19)12-4-2-1-3-5-12/h6-9,12H,1-5,10H2. The molecule has 0 heterocycles. The number of hydrogen-bond acceptors (Lipinski definition) is 1. The lowest BCUT2D eigenvalue weighted by molar-refractivity contribution is -0.137. The third-order valence-corrected chi connectivity index (χ3v) is 3.72. The first-order chi connectivity index (χ1) is 8.97. The van der Waals surface area contributed by atoms with Gasteiger partial charge in [0.05, 0.1) is 5.56 Å². The summed E-state index contributed by atoms with van der Waals surface area (Å²) < 4.78 is 37.2. The van der Waals surface area contributed by atoms with Crippen LogP contribution in [0.25, 0.3) is 0 Å². The van der Waals surface area contributed by atoms with Gasteiger partial charge in [-0.25, -0.2) is 0 Å². The van der Waals surface area contributed by atoms with Crippen LogP contribution in [0.5, 0.6) is 0 Å². The van der Waals surface area contributed by atoms with Crippen LogP contribution in [0.15, 0.2) is 24.3 Å². The molecule has 2 rings (SSSR count). The van der Waals surface area contributed by atoms with Gasteiger partial charge in [0.25, 0.3) is 0 Å². The Morgan fingerprint density at radius 3 is 2.16 bits per heavy atom. The van der Waals surface area contributed by atoms with E-state index in [0.717, 1.165) is 37.8 Å². The minimum absolute atomic E-state index is 0.107. The Morgan fingerprint density at radius 2 is 1.63 bits per heavy atom. The molecule has 0 saturated heterocycles. The molecule has 1 saturated carbocycles. The normalized spacial score (nSPS) is 17.4. The van der Waals surface area contributed by atoms with Crippen molar-refractivity contribution in [2.75, 3.05) is 0 Å². The first-order valence-electron chi connectivity index (χ1n) is 6.65. The molecule has 0 N–H and O–H groups in total. The highest BCUT2D eigenvalue weighted by Crippen LogP contribution is 2.30. The van der Waals surface area contributed by atoms with E-state index >= 15 is 0 Å². The summed E-state index contributed by atoms with van der Waals surface area (Å²) in [4.78, 5) is 12.0. The van der Waals surface area contributed by atoms with Crippen LogP contribution in [0.4, 0.5) is 13.2 Å². The van der Waals surface area contributed by atoms with Crippen LogP contribution in [0, 0.1) is 5.92 Å². The van der Waals surface area contributed by atoms with E-state index in [1.807, 2.05) is 0 Å². The summed E-state index contributed by atoms with van der Waals surface area (Å²) in [6.45, 7) is 0. The minimum Gasteiger partial charge on any atom is -0.299 e. The number of benzene rings is 1. The summed E-state index contributed by atoms with van der Waals surface area (Å²) in [5.74, 6) is 0.274. The van der Waals surface area contributed by atoms with Gasteiger partial charge in [-0.2, -0.15) is 13.2 Å². The van der Waals surface area contributed by atoms with Crippen LogP contribution >= 0.6 is 0 Å². The van der Waals surface area contributed by atoms with Gasteiger partial charge in [-0.1, -0.05) is 31.4 Å². The second kappa shape index (κ2) is 5.76. The number of carbonyl (C=O) groups is 1. The average Bonchev–Trinajstić information content (AvgIpc) is 2.39. The molecule has 0 aromatic heterocycles. The molecule has 104 valence electrons. The molecule has 1 aromatic rings. The Morgan fingerprint density at radius 1 is 1.05 bits per heavy atom. The molecule has 0 radical (unpaired) electrons. The molecule has 1 aliphatic carbocycles. The largest absolute Gasteiger partial charge is 0.416 e. The molecule has 0 aliphatic heterocycles.